The van der Waals surface area contributed by atoms with Crippen molar-refractivity contribution in [1.82, 2.24) is 0 Å². The molecule has 0 heterocycles. The van der Waals surface area contributed by atoms with Gasteiger partial charge in [-0.1, -0.05) is 45.8 Å². The van der Waals surface area contributed by atoms with Crippen LogP contribution in [0.15, 0.2) is 36.4 Å². The summed E-state index contributed by atoms with van der Waals surface area (Å²) in [6, 6.07) is 12.4. The van der Waals surface area contributed by atoms with Crippen LogP contribution in [-0.4, -0.2) is 0 Å². The van der Waals surface area contributed by atoms with Gasteiger partial charge in [0.15, 0.2) is 0 Å². The van der Waals surface area contributed by atoms with Gasteiger partial charge >= 0.3 is 0 Å². The van der Waals surface area contributed by atoms with E-state index in [-0.39, 0.29) is 0 Å². The first-order valence-electron chi connectivity index (χ1n) is 6.01. The topological polar surface area (TPSA) is 9.23 Å². The fraction of sp³-hybridized carbons (Fsp3) is 0.250. The highest BCUT2D eigenvalue weighted by molar-refractivity contribution is 9.08. The molecule has 0 radical (unpaired) electrons. The van der Waals surface area contributed by atoms with E-state index >= 15 is 0 Å². The van der Waals surface area contributed by atoms with Gasteiger partial charge in [0.05, 0.1) is 0 Å². The molecule has 0 aliphatic heterocycles. The molecule has 0 amide bonds. The summed E-state index contributed by atoms with van der Waals surface area (Å²) < 4.78 is 6.04. The van der Waals surface area contributed by atoms with Gasteiger partial charge in [-0.05, 0) is 44.0 Å². The number of alkyl halides is 1. The van der Waals surface area contributed by atoms with Gasteiger partial charge in [0.25, 0.3) is 0 Å². The highest BCUT2D eigenvalue weighted by Gasteiger charge is 2.07. The molecule has 0 N–H and O–H groups in total. The van der Waals surface area contributed by atoms with Crippen molar-refractivity contribution in [3.05, 3.63) is 58.7 Å². The van der Waals surface area contributed by atoms with Crippen LogP contribution >= 0.6 is 15.9 Å². The molecule has 0 saturated heterocycles. The first-order valence-corrected chi connectivity index (χ1v) is 7.13. The zero-order valence-corrected chi connectivity index (χ0v) is 12.5. The molecule has 0 bridgehead atoms. The first-order chi connectivity index (χ1) is 8.61. The Morgan fingerprint density at radius 2 is 1.78 bits per heavy atom. The van der Waals surface area contributed by atoms with Crippen molar-refractivity contribution < 1.29 is 4.74 Å². The number of benzene rings is 2. The van der Waals surface area contributed by atoms with Gasteiger partial charge in [-0.2, -0.15) is 0 Å². The van der Waals surface area contributed by atoms with E-state index in [0.29, 0.717) is 0 Å². The molecule has 2 aromatic carbocycles. The molecule has 2 aromatic rings. The number of hydrogen-bond acceptors (Lipinski definition) is 1. The Morgan fingerprint density at radius 3 is 2.50 bits per heavy atom. The fourth-order valence-electron chi connectivity index (χ4n) is 1.87. The minimum absolute atomic E-state index is 0.800. The van der Waals surface area contributed by atoms with Gasteiger partial charge in [0.1, 0.15) is 11.5 Å². The summed E-state index contributed by atoms with van der Waals surface area (Å²) in [5, 5.41) is 0.800. The lowest BCUT2D eigenvalue weighted by atomic mass is 10.1. The Morgan fingerprint density at radius 1 is 1.00 bits per heavy atom. The molecule has 0 unspecified atom stereocenters. The van der Waals surface area contributed by atoms with Crippen LogP contribution in [-0.2, 0) is 5.33 Å². The van der Waals surface area contributed by atoms with Crippen LogP contribution in [0.4, 0.5) is 0 Å². The highest BCUT2D eigenvalue weighted by Crippen LogP contribution is 2.30. The molecular formula is C16H17BrO. The Hall–Kier alpha value is -1.28. The molecule has 0 spiro atoms. The molecular weight excluding hydrogens is 288 g/mol. The van der Waals surface area contributed by atoms with E-state index < -0.39 is 0 Å². The van der Waals surface area contributed by atoms with E-state index in [1.165, 1.54) is 22.3 Å². The van der Waals surface area contributed by atoms with Crippen LogP contribution in [0, 0.1) is 20.8 Å². The van der Waals surface area contributed by atoms with E-state index in [1.54, 1.807) is 0 Å². The maximum atomic E-state index is 6.04. The lowest BCUT2D eigenvalue weighted by Gasteiger charge is -2.13. The Kier molecular flexibility index (Phi) is 4.07. The SMILES string of the molecule is Cc1ccc(Oc2cccc(C)c2C)c(CBr)c1. The average Bonchev–Trinajstić information content (AvgIpc) is 2.37. The molecule has 0 aliphatic rings. The molecule has 2 rings (SSSR count). The Labute approximate surface area is 117 Å². The van der Waals surface area contributed by atoms with E-state index in [1.807, 2.05) is 18.2 Å². The molecule has 0 aromatic heterocycles. The maximum absolute atomic E-state index is 6.04. The van der Waals surface area contributed by atoms with Crippen molar-refractivity contribution in [3.8, 4) is 11.5 Å². The summed E-state index contributed by atoms with van der Waals surface area (Å²) in [5.74, 6) is 1.85. The van der Waals surface area contributed by atoms with Gasteiger partial charge in [0.2, 0.25) is 0 Å². The number of aryl methyl sites for hydroxylation is 2. The predicted molar refractivity (Wildman–Crippen MR) is 79.8 cm³/mol. The molecule has 94 valence electrons. The van der Waals surface area contributed by atoms with E-state index in [4.69, 9.17) is 4.74 Å². The third-order valence-electron chi connectivity index (χ3n) is 3.13. The number of hydrogen-bond donors (Lipinski definition) is 0. The smallest absolute Gasteiger partial charge is 0.131 e. The van der Waals surface area contributed by atoms with Gasteiger partial charge in [-0.3, -0.25) is 0 Å². The van der Waals surface area contributed by atoms with Crippen molar-refractivity contribution in [3.63, 3.8) is 0 Å². The summed E-state index contributed by atoms with van der Waals surface area (Å²) in [6.07, 6.45) is 0. The zero-order valence-electron chi connectivity index (χ0n) is 11.0. The Balaban J connectivity index is 2.37. The number of ether oxygens (including phenoxy) is 1. The molecule has 2 heteroatoms. The summed E-state index contributed by atoms with van der Waals surface area (Å²) in [6.45, 7) is 6.28. The number of halogens is 1. The van der Waals surface area contributed by atoms with E-state index in [9.17, 15) is 0 Å². The predicted octanol–water partition coefficient (Wildman–Crippen LogP) is 5.30. The Bertz CT molecular complexity index is 561. The summed E-state index contributed by atoms with van der Waals surface area (Å²) >= 11 is 3.51. The average molecular weight is 305 g/mol. The fourth-order valence-corrected chi connectivity index (χ4v) is 2.30. The minimum atomic E-state index is 0.800. The molecule has 0 fully saturated rings. The normalized spacial score (nSPS) is 10.4. The highest BCUT2D eigenvalue weighted by atomic mass is 79.9. The van der Waals surface area contributed by atoms with Gasteiger partial charge in [0, 0.05) is 10.9 Å². The van der Waals surface area contributed by atoms with E-state index in [2.05, 4.69) is 54.9 Å². The van der Waals surface area contributed by atoms with Crippen molar-refractivity contribution in [2.45, 2.75) is 26.1 Å². The quantitative estimate of drug-likeness (QED) is 0.699. The standard InChI is InChI=1S/C16H17BrO/c1-11-7-8-16(14(9-11)10-17)18-15-6-4-5-12(2)13(15)3/h4-9H,10H2,1-3H3. The van der Waals surface area contributed by atoms with Crippen molar-refractivity contribution in [2.24, 2.45) is 0 Å². The monoisotopic (exact) mass is 304 g/mol. The van der Waals surface area contributed by atoms with Crippen LogP contribution in [0.1, 0.15) is 22.3 Å². The summed E-state index contributed by atoms with van der Waals surface area (Å²) in [5.41, 5.74) is 4.87. The van der Waals surface area contributed by atoms with E-state index in [0.717, 1.165) is 16.8 Å². The maximum Gasteiger partial charge on any atom is 0.131 e. The lowest BCUT2D eigenvalue weighted by molar-refractivity contribution is 0.474. The van der Waals surface area contributed by atoms with Crippen molar-refractivity contribution in [2.75, 3.05) is 0 Å². The zero-order chi connectivity index (χ0) is 13.1. The van der Waals surface area contributed by atoms with Crippen LogP contribution < -0.4 is 4.74 Å². The third kappa shape index (κ3) is 2.75. The largest absolute Gasteiger partial charge is 0.457 e. The minimum Gasteiger partial charge on any atom is -0.457 e. The lowest BCUT2D eigenvalue weighted by Crippen LogP contribution is -1.93. The molecule has 0 saturated carbocycles. The molecule has 0 atom stereocenters. The van der Waals surface area contributed by atoms with Crippen LogP contribution in [0.3, 0.4) is 0 Å². The second-order valence-electron chi connectivity index (χ2n) is 4.54. The summed E-state index contributed by atoms with van der Waals surface area (Å²) in [7, 11) is 0. The second kappa shape index (κ2) is 5.57. The van der Waals surface area contributed by atoms with Crippen LogP contribution in [0.25, 0.3) is 0 Å². The van der Waals surface area contributed by atoms with Crippen LogP contribution in [0.5, 0.6) is 11.5 Å². The molecule has 18 heavy (non-hydrogen) atoms. The van der Waals surface area contributed by atoms with Gasteiger partial charge < -0.3 is 4.74 Å². The first kappa shape index (κ1) is 13.2. The summed E-state index contributed by atoms with van der Waals surface area (Å²) in [4.78, 5) is 0. The van der Waals surface area contributed by atoms with Crippen LogP contribution in [0.2, 0.25) is 0 Å². The van der Waals surface area contributed by atoms with Gasteiger partial charge in [-0.25, -0.2) is 0 Å². The van der Waals surface area contributed by atoms with Crippen molar-refractivity contribution in [1.29, 1.82) is 0 Å². The van der Waals surface area contributed by atoms with Gasteiger partial charge in [-0.15, -0.1) is 0 Å². The molecule has 0 aliphatic carbocycles. The molecule has 1 nitrogen and oxygen atoms in total. The number of rotatable bonds is 3. The van der Waals surface area contributed by atoms with Crippen molar-refractivity contribution >= 4 is 15.9 Å². The third-order valence-corrected chi connectivity index (χ3v) is 3.74. The second-order valence-corrected chi connectivity index (χ2v) is 5.11.